The second-order valence-corrected chi connectivity index (χ2v) is 5.80. The highest BCUT2D eigenvalue weighted by Crippen LogP contribution is 2.05. The number of hydrogen-bond donors (Lipinski definition) is 2. The van der Waals surface area contributed by atoms with Crippen LogP contribution in [0.5, 0.6) is 0 Å². The van der Waals surface area contributed by atoms with Gasteiger partial charge >= 0.3 is 0 Å². The van der Waals surface area contributed by atoms with Crippen molar-refractivity contribution in [2.75, 3.05) is 20.1 Å². The van der Waals surface area contributed by atoms with E-state index in [1.165, 1.54) is 25.0 Å². The molecule has 0 aliphatic heterocycles. The molecule has 1 heterocycles. The number of nitrogens with zero attached hydrogens (tertiary/aromatic N) is 3. The standard InChI is InChI=1S/C16H31N5.HI/c1-6-7-8-9-18-16(17-5)19-11-13(2)12-21-15(4)10-14(3)20-21;/h10,13H,6-9,11-12H2,1-5H3,(H2,17,18,19);1H. The maximum absolute atomic E-state index is 4.51. The molecule has 2 N–H and O–H groups in total. The Morgan fingerprint density at radius 3 is 2.59 bits per heavy atom. The van der Waals surface area contributed by atoms with E-state index in [1.54, 1.807) is 0 Å². The fraction of sp³-hybridized carbons (Fsp3) is 0.750. The lowest BCUT2D eigenvalue weighted by atomic mass is 10.2. The Kier molecular flexibility index (Phi) is 11.3. The number of aliphatic imine (C=N–C) groups is 1. The highest BCUT2D eigenvalue weighted by Gasteiger charge is 2.08. The maximum atomic E-state index is 4.51. The van der Waals surface area contributed by atoms with Gasteiger partial charge in [0.05, 0.1) is 5.69 Å². The third kappa shape index (κ3) is 8.00. The number of rotatable bonds is 8. The van der Waals surface area contributed by atoms with Crippen LogP contribution in [0.3, 0.4) is 0 Å². The summed E-state index contributed by atoms with van der Waals surface area (Å²) in [4.78, 5) is 4.26. The van der Waals surface area contributed by atoms with Gasteiger partial charge in [0.25, 0.3) is 0 Å². The minimum Gasteiger partial charge on any atom is -0.356 e. The van der Waals surface area contributed by atoms with E-state index < -0.39 is 0 Å². The van der Waals surface area contributed by atoms with E-state index in [4.69, 9.17) is 0 Å². The summed E-state index contributed by atoms with van der Waals surface area (Å²) in [6.45, 7) is 11.4. The van der Waals surface area contributed by atoms with Crippen LogP contribution in [0, 0.1) is 19.8 Å². The normalized spacial score (nSPS) is 12.7. The summed E-state index contributed by atoms with van der Waals surface area (Å²) in [6.07, 6.45) is 3.70. The van der Waals surface area contributed by atoms with Crippen molar-refractivity contribution in [3.05, 3.63) is 17.5 Å². The summed E-state index contributed by atoms with van der Waals surface area (Å²) < 4.78 is 2.08. The van der Waals surface area contributed by atoms with Crippen molar-refractivity contribution in [2.24, 2.45) is 10.9 Å². The molecule has 6 heteroatoms. The van der Waals surface area contributed by atoms with Crippen LogP contribution in [0.25, 0.3) is 0 Å². The van der Waals surface area contributed by atoms with E-state index in [0.717, 1.165) is 31.3 Å². The topological polar surface area (TPSA) is 54.2 Å². The van der Waals surface area contributed by atoms with E-state index in [0.29, 0.717) is 5.92 Å². The Morgan fingerprint density at radius 1 is 1.32 bits per heavy atom. The number of hydrogen-bond acceptors (Lipinski definition) is 2. The van der Waals surface area contributed by atoms with Crippen molar-refractivity contribution in [3.63, 3.8) is 0 Å². The molecule has 1 aromatic rings. The van der Waals surface area contributed by atoms with Crippen molar-refractivity contribution in [1.82, 2.24) is 20.4 Å². The molecule has 0 aliphatic rings. The van der Waals surface area contributed by atoms with Gasteiger partial charge in [-0.25, -0.2) is 0 Å². The summed E-state index contributed by atoms with van der Waals surface area (Å²) in [5, 5.41) is 11.3. The molecular weight excluding hydrogens is 389 g/mol. The summed E-state index contributed by atoms with van der Waals surface area (Å²) in [5.74, 6) is 1.39. The van der Waals surface area contributed by atoms with Gasteiger partial charge in [0.15, 0.2) is 5.96 Å². The molecule has 5 nitrogen and oxygen atoms in total. The van der Waals surface area contributed by atoms with Crippen LogP contribution >= 0.6 is 24.0 Å². The highest BCUT2D eigenvalue weighted by molar-refractivity contribution is 14.0. The zero-order valence-electron chi connectivity index (χ0n) is 14.6. The summed E-state index contributed by atoms with van der Waals surface area (Å²) in [5.41, 5.74) is 2.31. The first-order valence-corrected chi connectivity index (χ1v) is 8.02. The Morgan fingerprint density at radius 2 is 2.05 bits per heavy atom. The van der Waals surface area contributed by atoms with Crippen LogP contribution in [0.15, 0.2) is 11.1 Å². The first-order chi connectivity index (χ1) is 10.1. The Bertz CT molecular complexity index is 442. The van der Waals surface area contributed by atoms with Gasteiger partial charge < -0.3 is 10.6 Å². The van der Waals surface area contributed by atoms with Gasteiger partial charge in [0, 0.05) is 32.4 Å². The Labute approximate surface area is 152 Å². The van der Waals surface area contributed by atoms with Crippen molar-refractivity contribution in [1.29, 1.82) is 0 Å². The van der Waals surface area contributed by atoms with Gasteiger partial charge in [-0.3, -0.25) is 9.67 Å². The van der Waals surface area contributed by atoms with Crippen molar-refractivity contribution < 1.29 is 0 Å². The number of guanidine groups is 1. The van der Waals surface area contributed by atoms with Gasteiger partial charge in [-0.15, -0.1) is 24.0 Å². The molecule has 0 spiro atoms. The molecule has 0 fully saturated rings. The average Bonchev–Trinajstić information content (AvgIpc) is 2.76. The lowest BCUT2D eigenvalue weighted by Crippen LogP contribution is -2.40. The molecule has 0 aliphatic carbocycles. The highest BCUT2D eigenvalue weighted by atomic mass is 127. The molecular formula is C16H32IN5. The summed E-state index contributed by atoms with van der Waals surface area (Å²) in [6, 6.07) is 2.12. The number of aromatic nitrogens is 2. The molecule has 0 bridgehead atoms. The second kappa shape index (κ2) is 11.7. The summed E-state index contributed by atoms with van der Waals surface area (Å²) in [7, 11) is 1.82. The number of unbranched alkanes of at least 4 members (excludes halogenated alkanes) is 2. The number of halogens is 1. The molecule has 0 aromatic carbocycles. The molecule has 1 aromatic heterocycles. The van der Waals surface area contributed by atoms with E-state index in [1.807, 2.05) is 14.0 Å². The SMILES string of the molecule is CCCCCNC(=NC)NCC(C)Cn1nc(C)cc1C.I. The minimum atomic E-state index is 0. The van der Waals surface area contributed by atoms with Gasteiger partial charge in [0.1, 0.15) is 0 Å². The third-order valence-corrected chi connectivity index (χ3v) is 3.50. The third-order valence-electron chi connectivity index (χ3n) is 3.50. The van der Waals surface area contributed by atoms with Crippen LogP contribution in [0.2, 0.25) is 0 Å². The lowest BCUT2D eigenvalue weighted by molar-refractivity contribution is 0.436. The van der Waals surface area contributed by atoms with Crippen LogP contribution < -0.4 is 10.6 Å². The monoisotopic (exact) mass is 421 g/mol. The quantitative estimate of drug-likeness (QED) is 0.294. The lowest BCUT2D eigenvalue weighted by Gasteiger charge is -2.16. The predicted molar refractivity (Wildman–Crippen MR) is 105 cm³/mol. The zero-order chi connectivity index (χ0) is 15.7. The smallest absolute Gasteiger partial charge is 0.190 e. The first kappa shape index (κ1) is 21.2. The van der Waals surface area contributed by atoms with Gasteiger partial charge in [-0.1, -0.05) is 26.7 Å². The van der Waals surface area contributed by atoms with Gasteiger partial charge in [-0.2, -0.15) is 5.10 Å². The van der Waals surface area contributed by atoms with Crippen molar-refractivity contribution in [2.45, 2.75) is 53.5 Å². The molecule has 0 amide bonds. The minimum absolute atomic E-state index is 0. The van der Waals surface area contributed by atoms with Gasteiger partial charge in [0.2, 0.25) is 0 Å². The second-order valence-electron chi connectivity index (χ2n) is 5.80. The molecule has 0 saturated heterocycles. The molecule has 1 atom stereocenters. The van der Waals surface area contributed by atoms with Crippen LogP contribution in [-0.2, 0) is 6.54 Å². The van der Waals surface area contributed by atoms with Crippen LogP contribution in [-0.4, -0.2) is 35.9 Å². The van der Waals surface area contributed by atoms with E-state index in [-0.39, 0.29) is 24.0 Å². The van der Waals surface area contributed by atoms with E-state index >= 15 is 0 Å². The fourth-order valence-electron chi connectivity index (χ4n) is 2.29. The first-order valence-electron chi connectivity index (χ1n) is 8.02. The predicted octanol–water partition coefficient (Wildman–Crippen LogP) is 3.11. The van der Waals surface area contributed by atoms with Gasteiger partial charge in [-0.05, 0) is 32.3 Å². The van der Waals surface area contributed by atoms with Crippen LogP contribution in [0.4, 0.5) is 0 Å². The molecule has 0 saturated carbocycles. The van der Waals surface area contributed by atoms with E-state index in [9.17, 15) is 0 Å². The Balaban J connectivity index is 0.00000441. The Hall–Kier alpha value is -0.790. The van der Waals surface area contributed by atoms with Crippen molar-refractivity contribution >= 4 is 29.9 Å². The number of nitrogens with one attached hydrogen (secondary N) is 2. The van der Waals surface area contributed by atoms with Crippen LogP contribution in [0.1, 0.15) is 44.5 Å². The largest absolute Gasteiger partial charge is 0.356 e. The average molecular weight is 421 g/mol. The molecule has 1 unspecified atom stereocenters. The molecule has 22 heavy (non-hydrogen) atoms. The summed E-state index contributed by atoms with van der Waals surface area (Å²) >= 11 is 0. The van der Waals surface area contributed by atoms with E-state index in [2.05, 4.69) is 52.2 Å². The molecule has 1 rings (SSSR count). The fourth-order valence-corrected chi connectivity index (χ4v) is 2.29. The van der Waals surface area contributed by atoms with Crippen molar-refractivity contribution in [3.8, 4) is 0 Å². The molecule has 0 radical (unpaired) electrons. The maximum Gasteiger partial charge on any atom is 0.190 e. The molecule has 128 valence electrons. The zero-order valence-corrected chi connectivity index (χ0v) is 17.0. The number of aryl methyl sites for hydroxylation is 2.